The first-order chi connectivity index (χ1) is 10.3. The number of methoxy groups -OCH3 is 1. The molecule has 2 saturated carbocycles. The van der Waals surface area contributed by atoms with Gasteiger partial charge in [0, 0.05) is 19.0 Å². The van der Waals surface area contributed by atoms with Crippen LogP contribution in [0.4, 0.5) is 4.79 Å². The maximum atomic E-state index is 12.1. The number of hydrogen-bond donors (Lipinski definition) is 2. The minimum absolute atomic E-state index is 0.0763. The van der Waals surface area contributed by atoms with Crippen LogP contribution in [0.15, 0.2) is 0 Å². The molecule has 2 rings (SSSR count). The topological polar surface area (TPSA) is 67.4 Å². The summed E-state index contributed by atoms with van der Waals surface area (Å²) in [6, 6.07) is 0.198. The number of amides is 2. The number of esters is 1. The third-order valence-corrected chi connectivity index (χ3v) is 6.42. The van der Waals surface area contributed by atoms with Crippen molar-refractivity contribution in [3.05, 3.63) is 0 Å². The summed E-state index contributed by atoms with van der Waals surface area (Å²) >= 11 is 0. The summed E-state index contributed by atoms with van der Waals surface area (Å²) in [5.41, 5.74) is 0.519. The fraction of sp³-hybridized carbons (Fsp3) is 0.882. The summed E-state index contributed by atoms with van der Waals surface area (Å²) in [7, 11) is 1.39. The lowest BCUT2D eigenvalue weighted by Gasteiger charge is -2.39. The summed E-state index contributed by atoms with van der Waals surface area (Å²) in [6.45, 7) is 7.61. The van der Waals surface area contributed by atoms with Crippen molar-refractivity contribution in [2.75, 3.05) is 13.7 Å². The predicted molar refractivity (Wildman–Crippen MR) is 85.4 cm³/mol. The third kappa shape index (κ3) is 3.08. The molecular formula is C17H30N2O3. The van der Waals surface area contributed by atoms with Crippen LogP contribution in [-0.2, 0) is 9.53 Å². The quantitative estimate of drug-likeness (QED) is 0.585. The smallest absolute Gasteiger partial charge is 0.315 e. The molecule has 2 bridgehead atoms. The van der Waals surface area contributed by atoms with Gasteiger partial charge < -0.3 is 15.4 Å². The second kappa shape index (κ2) is 6.47. The van der Waals surface area contributed by atoms with Crippen molar-refractivity contribution in [3.63, 3.8) is 0 Å². The highest BCUT2D eigenvalue weighted by molar-refractivity contribution is 5.74. The van der Waals surface area contributed by atoms with Crippen LogP contribution in [0.5, 0.6) is 0 Å². The van der Waals surface area contributed by atoms with Gasteiger partial charge in [0.2, 0.25) is 0 Å². The molecule has 5 nitrogen and oxygen atoms in total. The van der Waals surface area contributed by atoms with E-state index in [-0.39, 0.29) is 23.5 Å². The van der Waals surface area contributed by atoms with Crippen LogP contribution in [0.25, 0.3) is 0 Å². The number of carbonyl (C=O) groups excluding carboxylic acids is 2. The number of nitrogens with one attached hydrogen (secondary N) is 2. The van der Waals surface area contributed by atoms with E-state index in [1.807, 2.05) is 0 Å². The van der Waals surface area contributed by atoms with E-state index in [0.717, 1.165) is 25.2 Å². The lowest BCUT2D eigenvalue weighted by molar-refractivity contribution is -0.140. The lowest BCUT2D eigenvalue weighted by atomic mass is 9.69. The Bertz CT molecular complexity index is 436. The summed E-state index contributed by atoms with van der Waals surface area (Å²) in [5, 5.41) is 6.08. The molecule has 3 atom stereocenters. The molecule has 2 N–H and O–H groups in total. The van der Waals surface area contributed by atoms with E-state index in [0.29, 0.717) is 18.4 Å². The van der Waals surface area contributed by atoms with Gasteiger partial charge in [-0.3, -0.25) is 4.79 Å². The van der Waals surface area contributed by atoms with Crippen LogP contribution < -0.4 is 10.6 Å². The second-order valence-corrected chi connectivity index (χ2v) is 7.60. The number of unbranched alkanes of at least 4 members (excludes halogenated alkanes) is 1. The third-order valence-electron chi connectivity index (χ3n) is 6.42. The van der Waals surface area contributed by atoms with E-state index in [1.165, 1.54) is 20.0 Å². The van der Waals surface area contributed by atoms with Crippen LogP contribution in [0.1, 0.15) is 59.3 Å². The fourth-order valence-corrected chi connectivity index (χ4v) is 4.33. The zero-order valence-electron chi connectivity index (χ0n) is 14.3. The molecule has 0 aromatic carbocycles. The van der Waals surface area contributed by atoms with Crippen molar-refractivity contribution < 1.29 is 14.3 Å². The molecule has 0 saturated heterocycles. The molecule has 0 aliphatic heterocycles. The van der Waals surface area contributed by atoms with Crippen LogP contribution in [0.3, 0.4) is 0 Å². The summed E-state index contributed by atoms with van der Waals surface area (Å²) < 4.78 is 4.59. The van der Waals surface area contributed by atoms with Crippen molar-refractivity contribution in [2.45, 2.75) is 65.3 Å². The van der Waals surface area contributed by atoms with Crippen molar-refractivity contribution in [3.8, 4) is 0 Å². The normalized spacial score (nSPS) is 31.8. The van der Waals surface area contributed by atoms with Gasteiger partial charge in [0.15, 0.2) is 0 Å². The van der Waals surface area contributed by atoms with Gasteiger partial charge in [-0.2, -0.15) is 0 Å². The molecule has 3 unspecified atom stereocenters. The van der Waals surface area contributed by atoms with Crippen LogP contribution in [0.2, 0.25) is 0 Å². The monoisotopic (exact) mass is 310 g/mol. The van der Waals surface area contributed by atoms with Crippen LogP contribution >= 0.6 is 0 Å². The van der Waals surface area contributed by atoms with Crippen molar-refractivity contribution in [1.82, 2.24) is 10.6 Å². The molecule has 2 amide bonds. The Morgan fingerprint density at radius 2 is 1.95 bits per heavy atom. The zero-order valence-corrected chi connectivity index (χ0v) is 14.3. The molecule has 0 spiro atoms. The molecule has 22 heavy (non-hydrogen) atoms. The van der Waals surface area contributed by atoms with Crippen LogP contribution in [-0.4, -0.2) is 31.7 Å². The van der Waals surface area contributed by atoms with Gasteiger partial charge in [0.25, 0.3) is 0 Å². The Hall–Kier alpha value is -1.26. The first-order valence-electron chi connectivity index (χ1n) is 8.42. The van der Waals surface area contributed by atoms with E-state index < -0.39 is 0 Å². The van der Waals surface area contributed by atoms with Crippen molar-refractivity contribution >= 4 is 12.0 Å². The molecule has 0 heterocycles. The maximum Gasteiger partial charge on any atom is 0.315 e. The number of urea groups is 1. The van der Waals surface area contributed by atoms with E-state index >= 15 is 0 Å². The Balaban J connectivity index is 1.69. The average molecular weight is 310 g/mol. The highest BCUT2D eigenvalue weighted by Crippen LogP contribution is 2.65. The summed E-state index contributed by atoms with van der Waals surface area (Å²) in [5.74, 6) is 0.532. The number of carbonyl (C=O) groups is 2. The van der Waals surface area contributed by atoms with E-state index in [1.54, 1.807) is 0 Å². The fourth-order valence-electron chi connectivity index (χ4n) is 4.33. The molecule has 0 aromatic heterocycles. The van der Waals surface area contributed by atoms with Gasteiger partial charge in [-0.1, -0.05) is 20.8 Å². The molecule has 0 aromatic rings. The van der Waals surface area contributed by atoms with Crippen molar-refractivity contribution in [2.24, 2.45) is 16.7 Å². The van der Waals surface area contributed by atoms with Gasteiger partial charge >= 0.3 is 12.0 Å². The van der Waals surface area contributed by atoms with E-state index in [9.17, 15) is 9.59 Å². The van der Waals surface area contributed by atoms with Gasteiger partial charge in [0.1, 0.15) is 0 Å². The number of rotatable bonds is 6. The summed E-state index contributed by atoms with van der Waals surface area (Å²) in [6.07, 6.45) is 5.53. The number of hydrogen-bond acceptors (Lipinski definition) is 3. The number of fused-ring (bicyclic) bond motifs is 2. The lowest BCUT2D eigenvalue weighted by Crippen LogP contribution is -2.50. The largest absolute Gasteiger partial charge is 0.469 e. The van der Waals surface area contributed by atoms with Gasteiger partial charge in [-0.15, -0.1) is 0 Å². The Kier molecular flexibility index (Phi) is 5.03. The van der Waals surface area contributed by atoms with Gasteiger partial charge in [-0.05, 0) is 48.9 Å². The van der Waals surface area contributed by atoms with Gasteiger partial charge in [-0.25, -0.2) is 4.79 Å². The second-order valence-electron chi connectivity index (χ2n) is 7.60. The standard InChI is InChI=1S/C17H30N2O3/c1-16(2)12-8-9-17(16,3)13(11-12)19-15(21)18-10-6-5-7-14(20)22-4/h12-13H,5-11H2,1-4H3,(H2,18,19,21). The minimum atomic E-state index is -0.193. The highest BCUT2D eigenvalue weighted by atomic mass is 16.5. The molecule has 2 fully saturated rings. The average Bonchev–Trinajstić information content (AvgIpc) is 2.79. The molecule has 2 aliphatic carbocycles. The Morgan fingerprint density at radius 3 is 2.50 bits per heavy atom. The predicted octanol–water partition coefficient (Wildman–Crippen LogP) is 2.84. The minimum Gasteiger partial charge on any atom is -0.469 e. The molecule has 5 heteroatoms. The first-order valence-corrected chi connectivity index (χ1v) is 8.42. The molecule has 2 aliphatic rings. The molecule has 0 radical (unpaired) electrons. The van der Waals surface area contributed by atoms with E-state index in [2.05, 4.69) is 36.1 Å². The van der Waals surface area contributed by atoms with Gasteiger partial charge in [0.05, 0.1) is 7.11 Å². The van der Waals surface area contributed by atoms with Crippen molar-refractivity contribution in [1.29, 1.82) is 0 Å². The molecule has 126 valence electrons. The maximum absolute atomic E-state index is 12.1. The number of ether oxygens (including phenoxy) is 1. The Morgan fingerprint density at radius 1 is 1.23 bits per heavy atom. The summed E-state index contributed by atoms with van der Waals surface area (Å²) in [4.78, 5) is 23.1. The SMILES string of the molecule is COC(=O)CCCCNC(=O)NC1CC2CCC1(C)C2(C)C. The zero-order chi connectivity index (χ0) is 16.4. The Labute approximate surface area is 133 Å². The van der Waals surface area contributed by atoms with E-state index in [4.69, 9.17) is 0 Å². The first kappa shape index (κ1) is 17.1. The van der Waals surface area contributed by atoms with Crippen LogP contribution in [0, 0.1) is 16.7 Å². The molecular weight excluding hydrogens is 280 g/mol. The highest BCUT2D eigenvalue weighted by Gasteiger charge is 2.61.